The standard InChI is InChI=1S/C20H20BrN7O3/c1-28(2)14(29)8-23-20(30)17-16(21)15-18(24-9-25-19(15)27-17)26-12-4-10-6-22-7-11(10)5-13(12)31-3/h4-6,9H,7-8H2,1-3H3,(H,23,30)(H2,24,25,26,27). The number of H-pyrrole nitrogens is 1. The van der Waals surface area contributed by atoms with Gasteiger partial charge in [0, 0.05) is 20.3 Å². The fourth-order valence-corrected chi connectivity index (χ4v) is 3.83. The third-order valence-corrected chi connectivity index (χ3v) is 5.66. The average molecular weight is 486 g/mol. The Labute approximate surface area is 186 Å². The highest BCUT2D eigenvalue weighted by atomic mass is 79.9. The van der Waals surface area contributed by atoms with Crippen molar-refractivity contribution in [1.29, 1.82) is 0 Å². The fraction of sp³-hybridized carbons (Fsp3) is 0.250. The molecule has 0 saturated heterocycles. The van der Waals surface area contributed by atoms with Crippen LogP contribution in [-0.4, -0.2) is 65.6 Å². The van der Waals surface area contributed by atoms with Crippen molar-refractivity contribution in [3.8, 4) is 5.75 Å². The van der Waals surface area contributed by atoms with E-state index in [1.807, 2.05) is 18.3 Å². The van der Waals surface area contributed by atoms with E-state index in [9.17, 15) is 9.59 Å². The van der Waals surface area contributed by atoms with Crippen LogP contribution in [0.25, 0.3) is 11.0 Å². The highest BCUT2D eigenvalue weighted by Crippen LogP contribution is 2.36. The second kappa shape index (κ2) is 8.34. The smallest absolute Gasteiger partial charge is 0.269 e. The van der Waals surface area contributed by atoms with Crippen molar-refractivity contribution < 1.29 is 14.3 Å². The summed E-state index contributed by atoms with van der Waals surface area (Å²) in [7, 11) is 4.85. The first-order valence-electron chi connectivity index (χ1n) is 9.37. The van der Waals surface area contributed by atoms with Crippen molar-refractivity contribution in [3.63, 3.8) is 0 Å². The molecule has 3 aromatic rings. The Kier molecular flexibility index (Phi) is 5.59. The third kappa shape index (κ3) is 3.96. The van der Waals surface area contributed by atoms with E-state index in [1.54, 1.807) is 21.2 Å². The molecule has 2 aromatic heterocycles. The summed E-state index contributed by atoms with van der Waals surface area (Å²) in [5.41, 5.74) is 3.52. The van der Waals surface area contributed by atoms with E-state index in [0.29, 0.717) is 39.3 Å². The zero-order valence-electron chi connectivity index (χ0n) is 17.1. The number of aromatic amines is 1. The van der Waals surface area contributed by atoms with Crippen molar-refractivity contribution in [1.82, 2.24) is 25.2 Å². The van der Waals surface area contributed by atoms with Gasteiger partial charge in [-0.1, -0.05) is 0 Å². The summed E-state index contributed by atoms with van der Waals surface area (Å²) in [6.07, 6.45) is 3.21. The Morgan fingerprint density at radius 1 is 1.29 bits per heavy atom. The number of rotatable bonds is 6. The number of carbonyl (C=O) groups excluding carboxylic acids is 2. The van der Waals surface area contributed by atoms with Gasteiger partial charge in [0.05, 0.1) is 35.7 Å². The second-order valence-corrected chi connectivity index (χ2v) is 7.87. The molecule has 160 valence electrons. The van der Waals surface area contributed by atoms with E-state index in [1.165, 1.54) is 11.2 Å². The molecule has 10 nitrogen and oxygen atoms in total. The zero-order valence-corrected chi connectivity index (χ0v) is 18.7. The number of carbonyl (C=O) groups is 2. The lowest BCUT2D eigenvalue weighted by atomic mass is 10.1. The average Bonchev–Trinajstić information content (AvgIpc) is 3.35. The number of halogens is 1. The Morgan fingerprint density at radius 3 is 2.84 bits per heavy atom. The maximum absolute atomic E-state index is 12.6. The number of methoxy groups -OCH3 is 1. The first kappa shape index (κ1) is 20.8. The molecule has 0 aliphatic carbocycles. The van der Waals surface area contributed by atoms with E-state index in [2.05, 4.69) is 46.5 Å². The van der Waals surface area contributed by atoms with Gasteiger partial charge in [0.2, 0.25) is 5.91 Å². The van der Waals surface area contributed by atoms with Gasteiger partial charge >= 0.3 is 0 Å². The summed E-state index contributed by atoms with van der Waals surface area (Å²) < 4.78 is 6.01. The SMILES string of the molecule is COc1cc2c(cc1Nc1ncnc3[nH]c(C(=O)NCC(=O)N(C)C)c(Br)c13)C=NC2. The number of benzene rings is 1. The Hall–Kier alpha value is -3.47. The monoisotopic (exact) mass is 485 g/mol. The number of aromatic nitrogens is 3. The van der Waals surface area contributed by atoms with Gasteiger partial charge in [-0.25, -0.2) is 9.97 Å². The lowest BCUT2D eigenvalue weighted by molar-refractivity contribution is -0.127. The maximum Gasteiger partial charge on any atom is 0.269 e. The number of anilines is 2. The van der Waals surface area contributed by atoms with E-state index in [0.717, 1.165) is 11.1 Å². The molecule has 0 unspecified atom stereocenters. The van der Waals surface area contributed by atoms with Crippen molar-refractivity contribution in [3.05, 3.63) is 39.8 Å². The lowest BCUT2D eigenvalue weighted by Gasteiger charge is -2.13. The highest BCUT2D eigenvalue weighted by molar-refractivity contribution is 9.10. The minimum atomic E-state index is -0.433. The van der Waals surface area contributed by atoms with Gasteiger partial charge in [-0.3, -0.25) is 14.6 Å². The summed E-state index contributed by atoms with van der Waals surface area (Å²) >= 11 is 3.48. The van der Waals surface area contributed by atoms with Gasteiger partial charge in [-0.15, -0.1) is 0 Å². The van der Waals surface area contributed by atoms with Crippen molar-refractivity contribution in [2.45, 2.75) is 6.54 Å². The molecular formula is C20H20BrN7O3. The summed E-state index contributed by atoms with van der Waals surface area (Å²) in [6.45, 7) is 0.514. The van der Waals surface area contributed by atoms with Crippen LogP contribution in [0.2, 0.25) is 0 Å². The van der Waals surface area contributed by atoms with Crippen LogP contribution in [0.1, 0.15) is 21.6 Å². The fourth-order valence-electron chi connectivity index (χ4n) is 3.17. The van der Waals surface area contributed by atoms with Gasteiger partial charge < -0.3 is 25.3 Å². The van der Waals surface area contributed by atoms with Crippen molar-refractivity contribution in [2.24, 2.45) is 4.99 Å². The minimum absolute atomic E-state index is 0.113. The molecule has 31 heavy (non-hydrogen) atoms. The number of hydrogen-bond acceptors (Lipinski definition) is 7. The quantitative estimate of drug-likeness (QED) is 0.491. The molecule has 0 saturated carbocycles. The van der Waals surface area contributed by atoms with Crippen LogP contribution in [-0.2, 0) is 11.3 Å². The Bertz CT molecular complexity index is 1220. The number of fused-ring (bicyclic) bond motifs is 2. The number of nitrogens with one attached hydrogen (secondary N) is 3. The van der Waals surface area contributed by atoms with E-state index >= 15 is 0 Å². The van der Waals surface area contributed by atoms with Gasteiger partial charge in [0.1, 0.15) is 29.2 Å². The number of likely N-dealkylation sites (N-methyl/N-ethyl adjacent to an activating group) is 1. The van der Waals surface area contributed by atoms with Crippen LogP contribution in [0, 0.1) is 0 Å². The van der Waals surface area contributed by atoms with Gasteiger partial charge in [-0.2, -0.15) is 0 Å². The minimum Gasteiger partial charge on any atom is -0.495 e. The molecule has 2 amide bonds. The highest BCUT2D eigenvalue weighted by Gasteiger charge is 2.22. The first-order chi connectivity index (χ1) is 14.9. The van der Waals surface area contributed by atoms with Crippen LogP contribution in [0.4, 0.5) is 11.5 Å². The van der Waals surface area contributed by atoms with Crippen LogP contribution in [0.15, 0.2) is 27.9 Å². The summed E-state index contributed by atoms with van der Waals surface area (Å²) in [5, 5.41) is 6.48. The topological polar surface area (TPSA) is 125 Å². The molecule has 3 heterocycles. The molecule has 0 spiro atoms. The molecule has 0 bridgehead atoms. The van der Waals surface area contributed by atoms with Crippen LogP contribution in [0.5, 0.6) is 5.75 Å². The molecular weight excluding hydrogens is 466 g/mol. The molecule has 11 heteroatoms. The summed E-state index contributed by atoms with van der Waals surface area (Å²) in [5.74, 6) is 0.500. The molecule has 0 atom stereocenters. The normalized spacial score (nSPS) is 12.0. The van der Waals surface area contributed by atoms with Gasteiger partial charge in [0.25, 0.3) is 5.91 Å². The predicted molar refractivity (Wildman–Crippen MR) is 120 cm³/mol. The second-order valence-electron chi connectivity index (χ2n) is 7.08. The zero-order chi connectivity index (χ0) is 22.1. The van der Waals surface area contributed by atoms with Crippen molar-refractivity contribution >= 4 is 56.5 Å². The van der Waals surface area contributed by atoms with Crippen molar-refractivity contribution in [2.75, 3.05) is 33.1 Å². The third-order valence-electron chi connectivity index (χ3n) is 4.86. The number of nitrogens with zero attached hydrogens (tertiary/aromatic N) is 4. The van der Waals surface area contributed by atoms with Gasteiger partial charge in [-0.05, 0) is 39.2 Å². The molecule has 1 aliphatic rings. The molecule has 0 fully saturated rings. The maximum atomic E-state index is 12.6. The molecule has 3 N–H and O–H groups in total. The first-order valence-corrected chi connectivity index (χ1v) is 10.2. The Morgan fingerprint density at radius 2 is 2.10 bits per heavy atom. The molecule has 4 rings (SSSR count). The van der Waals surface area contributed by atoms with Crippen LogP contribution < -0.4 is 15.4 Å². The number of amides is 2. The molecule has 1 aromatic carbocycles. The van der Waals surface area contributed by atoms with Gasteiger partial charge in [0.15, 0.2) is 0 Å². The number of ether oxygens (including phenoxy) is 1. The lowest BCUT2D eigenvalue weighted by Crippen LogP contribution is -2.36. The predicted octanol–water partition coefficient (Wildman–Crippen LogP) is 2.22. The van der Waals surface area contributed by atoms with E-state index in [4.69, 9.17) is 4.74 Å². The van der Waals surface area contributed by atoms with Crippen LogP contribution in [0.3, 0.4) is 0 Å². The molecule has 1 aliphatic heterocycles. The van der Waals surface area contributed by atoms with E-state index < -0.39 is 5.91 Å². The van der Waals surface area contributed by atoms with E-state index in [-0.39, 0.29) is 18.1 Å². The number of aliphatic imine (C=N–C) groups is 1. The van der Waals surface area contributed by atoms with Crippen LogP contribution >= 0.6 is 15.9 Å². The number of hydrogen-bond donors (Lipinski definition) is 3. The molecule has 0 radical (unpaired) electrons. The Balaban J connectivity index is 1.67. The largest absolute Gasteiger partial charge is 0.495 e. The summed E-state index contributed by atoms with van der Waals surface area (Å²) in [4.78, 5) is 41.6. The summed E-state index contributed by atoms with van der Waals surface area (Å²) in [6, 6.07) is 3.88.